The van der Waals surface area contributed by atoms with Gasteiger partial charge in [0.1, 0.15) is 18.0 Å². The molecular weight excluding hydrogens is 444 g/mol. The minimum Gasteiger partial charge on any atom is -0.421 e. The lowest BCUT2D eigenvalue weighted by Crippen LogP contribution is -2.67. The number of hydrogen-bond acceptors (Lipinski definition) is 9. The Bertz CT molecular complexity index is 1020. The monoisotopic (exact) mass is 474 g/mol. The molecule has 9 nitrogen and oxygen atoms in total. The summed E-state index contributed by atoms with van der Waals surface area (Å²) in [7, 11) is 0. The third kappa shape index (κ3) is 2.77. The summed E-state index contributed by atoms with van der Waals surface area (Å²) in [5.41, 5.74) is -3.45. The summed E-state index contributed by atoms with van der Waals surface area (Å²) in [4.78, 5) is 64.2. The summed E-state index contributed by atoms with van der Waals surface area (Å²) < 4.78 is 11.5. The average Bonchev–Trinajstić information content (AvgIpc) is 2.93. The van der Waals surface area contributed by atoms with E-state index in [4.69, 9.17) is 9.47 Å². The number of carbonyl (C=O) groups is 5. The fourth-order valence-corrected chi connectivity index (χ4v) is 8.01. The maximum Gasteiger partial charge on any atom is 0.309 e. The topological polar surface area (TPSA) is 144 Å². The van der Waals surface area contributed by atoms with Gasteiger partial charge in [-0.1, -0.05) is 12.5 Å². The lowest BCUT2D eigenvalue weighted by molar-refractivity contribution is -0.278. The minimum atomic E-state index is -1.90. The zero-order valence-corrected chi connectivity index (χ0v) is 19.4. The zero-order valence-electron chi connectivity index (χ0n) is 19.4. The molecule has 34 heavy (non-hydrogen) atoms. The van der Waals surface area contributed by atoms with Crippen LogP contribution in [-0.2, 0) is 33.4 Å². The summed E-state index contributed by atoms with van der Waals surface area (Å²) in [6.07, 6.45) is 2.34. The van der Waals surface area contributed by atoms with Gasteiger partial charge in [0.2, 0.25) is 0 Å². The Kier molecular flexibility index (Phi) is 5.02. The summed E-state index contributed by atoms with van der Waals surface area (Å²) in [6.45, 7) is 2.68. The van der Waals surface area contributed by atoms with Crippen molar-refractivity contribution >= 4 is 29.3 Å². The highest BCUT2D eigenvalue weighted by molar-refractivity contribution is 5.96. The van der Waals surface area contributed by atoms with Crippen molar-refractivity contribution in [3.63, 3.8) is 0 Å². The van der Waals surface area contributed by atoms with Crippen molar-refractivity contribution in [1.29, 1.82) is 0 Å². The number of rotatable bonds is 2. The number of ether oxygens (including phenoxy) is 2. The number of esters is 2. The minimum absolute atomic E-state index is 0.101. The SMILES string of the molecule is C[C@@]12C(=CC(=O)CC13OC(=O)CCC(=O)O3)CC[C@@H]1[C@@H]2C(=O)C[C@@]2(C)[C@H]1CC[C@]2(O)C(=O)CO. The lowest BCUT2D eigenvalue weighted by Gasteiger charge is -2.61. The second kappa shape index (κ2) is 7.31. The number of ketones is 3. The first-order valence-corrected chi connectivity index (χ1v) is 12.0. The van der Waals surface area contributed by atoms with Crippen LogP contribution in [0.25, 0.3) is 0 Å². The Morgan fingerprint density at radius 1 is 1.03 bits per heavy atom. The summed E-state index contributed by atoms with van der Waals surface area (Å²) in [5, 5.41) is 20.8. The van der Waals surface area contributed by atoms with Crippen molar-refractivity contribution in [3.8, 4) is 0 Å². The molecule has 5 aliphatic rings. The van der Waals surface area contributed by atoms with E-state index in [0.717, 1.165) is 0 Å². The van der Waals surface area contributed by atoms with Crippen LogP contribution < -0.4 is 0 Å². The number of hydrogen-bond donors (Lipinski definition) is 2. The molecule has 0 bridgehead atoms. The van der Waals surface area contributed by atoms with Gasteiger partial charge in [0.25, 0.3) is 5.79 Å². The smallest absolute Gasteiger partial charge is 0.309 e. The second-order valence-corrected chi connectivity index (χ2v) is 11.0. The van der Waals surface area contributed by atoms with E-state index >= 15 is 0 Å². The maximum absolute atomic E-state index is 13.9. The number of carbonyl (C=O) groups excluding carboxylic acids is 5. The van der Waals surface area contributed by atoms with Gasteiger partial charge < -0.3 is 19.7 Å². The third-order valence-corrected chi connectivity index (χ3v) is 9.68. The highest BCUT2D eigenvalue weighted by Gasteiger charge is 2.73. The molecule has 1 heterocycles. The highest BCUT2D eigenvalue weighted by atomic mass is 16.7. The lowest BCUT2D eigenvalue weighted by atomic mass is 9.44. The molecule has 4 aliphatic carbocycles. The van der Waals surface area contributed by atoms with Crippen molar-refractivity contribution in [1.82, 2.24) is 0 Å². The molecule has 1 saturated heterocycles. The molecule has 5 rings (SSSR count). The van der Waals surface area contributed by atoms with Gasteiger partial charge in [-0.25, -0.2) is 0 Å². The van der Waals surface area contributed by atoms with Crippen molar-refractivity contribution in [2.45, 2.75) is 76.6 Å². The fraction of sp³-hybridized carbons (Fsp3) is 0.720. The van der Waals surface area contributed by atoms with Gasteiger partial charge in [-0.15, -0.1) is 0 Å². The van der Waals surface area contributed by atoms with Crippen LogP contribution in [0.4, 0.5) is 0 Å². The largest absolute Gasteiger partial charge is 0.421 e. The van der Waals surface area contributed by atoms with Gasteiger partial charge in [0, 0.05) is 17.8 Å². The third-order valence-electron chi connectivity index (χ3n) is 9.68. The van der Waals surface area contributed by atoms with Crippen molar-refractivity contribution in [2.24, 2.45) is 28.6 Å². The molecule has 0 aromatic heterocycles. The normalized spacial score (nSPS) is 43.2. The van der Waals surface area contributed by atoms with E-state index < -0.39 is 52.5 Å². The Morgan fingerprint density at radius 3 is 2.29 bits per heavy atom. The highest BCUT2D eigenvalue weighted by Crippen LogP contribution is 2.68. The molecule has 2 N–H and O–H groups in total. The average molecular weight is 475 g/mol. The second-order valence-electron chi connectivity index (χ2n) is 11.0. The van der Waals surface area contributed by atoms with E-state index in [2.05, 4.69) is 0 Å². The molecule has 0 radical (unpaired) electrons. The Labute approximate surface area is 196 Å². The first-order valence-electron chi connectivity index (χ1n) is 12.0. The van der Waals surface area contributed by atoms with E-state index in [-0.39, 0.29) is 55.5 Å². The number of aliphatic hydroxyl groups is 2. The predicted molar refractivity (Wildman–Crippen MR) is 114 cm³/mol. The predicted octanol–water partition coefficient (Wildman–Crippen LogP) is 1.18. The van der Waals surface area contributed by atoms with E-state index in [1.165, 1.54) is 6.08 Å². The van der Waals surface area contributed by atoms with Crippen LogP contribution in [0.2, 0.25) is 0 Å². The van der Waals surface area contributed by atoms with Gasteiger partial charge in [-0.2, -0.15) is 0 Å². The molecule has 0 amide bonds. The molecule has 0 unspecified atom stereocenters. The first-order chi connectivity index (χ1) is 15.9. The van der Waals surface area contributed by atoms with Crippen LogP contribution in [0.5, 0.6) is 0 Å². The van der Waals surface area contributed by atoms with E-state index in [9.17, 15) is 34.2 Å². The van der Waals surface area contributed by atoms with Crippen LogP contribution in [0.1, 0.15) is 65.2 Å². The standard InChI is InChI=1S/C25H30O9/c1-22-11-17(28)21-15(16(22)7-8-24(22,32)18(29)12-26)4-3-13-9-14(27)10-25(23(13,21)2)33-19(30)5-6-20(31)34-25/h9,15-16,21,26,32H,3-8,10-12H2,1-2H3/t15-,16-,21+,22-,23-,24-/m0/s1. The van der Waals surface area contributed by atoms with E-state index in [0.29, 0.717) is 24.8 Å². The molecule has 0 aromatic carbocycles. The molecule has 6 atom stereocenters. The van der Waals surface area contributed by atoms with Crippen LogP contribution in [-0.4, -0.2) is 57.5 Å². The Morgan fingerprint density at radius 2 is 1.68 bits per heavy atom. The Hall–Kier alpha value is -2.39. The van der Waals surface area contributed by atoms with Gasteiger partial charge in [-0.05, 0) is 50.5 Å². The van der Waals surface area contributed by atoms with Crippen LogP contribution in [0.15, 0.2) is 11.6 Å². The number of aliphatic hydroxyl groups excluding tert-OH is 1. The fourth-order valence-electron chi connectivity index (χ4n) is 8.01. The van der Waals surface area contributed by atoms with Gasteiger partial charge in [-0.3, -0.25) is 24.0 Å². The molecular formula is C25H30O9. The summed E-state index contributed by atoms with van der Waals surface area (Å²) >= 11 is 0. The van der Waals surface area contributed by atoms with Gasteiger partial charge in [0.15, 0.2) is 11.6 Å². The summed E-state index contributed by atoms with van der Waals surface area (Å²) in [6, 6.07) is 0. The molecule has 0 aromatic rings. The molecule has 184 valence electrons. The maximum atomic E-state index is 13.9. The van der Waals surface area contributed by atoms with Crippen LogP contribution in [0, 0.1) is 28.6 Å². The first kappa shape index (κ1) is 23.4. The van der Waals surface area contributed by atoms with Crippen molar-refractivity contribution in [2.75, 3.05) is 6.61 Å². The number of fused-ring (bicyclic) bond motifs is 6. The van der Waals surface area contributed by atoms with Gasteiger partial charge in [0.05, 0.1) is 24.7 Å². The Balaban J connectivity index is 1.64. The quantitative estimate of drug-likeness (QED) is 0.564. The van der Waals surface area contributed by atoms with E-state index in [1.54, 1.807) is 13.8 Å². The zero-order chi connectivity index (χ0) is 24.7. The van der Waals surface area contributed by atoms with Crippen LogP contribution >= 0.6 is 0 Å². The van der Waals surface area contributed by atoms with Crippen molar-refractivity contribution in [3.05, 3.63) is 11.6 Å². The van der Waals surface area contributed by atoms with Crippen molar-refractivity contribution < 1.29 is 43.7 Å². The molecule has 1 aliphatic heterocycles. The molecule has 3 saturated carbocycles. The van der Waals surface area contributed by atoms with E-state index in [1.807, 2.05) is 0 Å². The summed E-state index contributed by atoms with van der Waals surface area (Å²) in [5.74, 6) is -5.65. The molecule has 4 fully saturated rings. The molecule has 1 spiro atoms. The number of Topliss-reactive ketones (excluding diaryl/α,β-unsaturated/α-hetero) is 2. The van der Waals surface area contributed by atoms with Crippen LogP contribution in [0.3, 0.4) is 0 Å². The van der Waals surface area contributed by atoms with Gasteiger partial charge >= 0.3 is 11.9 Å². The molecule has 9 heteroatoms.